The van der Waals surface area contributed by atoms with Crippen molar-refractivity contribution in [3.8, 4) is 0 Å². The number of rotatable bonds is 2. The summed E-state index contributed by atoms with van der Waals surface area (Å²) in [6, 6.07) is 3.58. The van der Waals surface area contributed by atoms with Gasteiger partial charge in [0.05, 0.1) is 6.42 Å². The summed E-state index contributed by atoms with van der Waals surface area (Å²) in [7, 11) is 0. The molecule has 1 amide bonds. The standard InChI is InChI=1S/C7H7BrN2O/c8-6-2-1-5(4-10-6)3-7(9)11/h1-2,4H,3H2,(H2,9,11). The average molecular weight is 215 g/mol. The molecule has 1 aromatic rings. The number of carbonyl (C=O) groups is 1. The first-order chi connectivity index (χ1) is 5.18. The van der Waals surface area contributed by atoms with Gasteiger partial charge >= 0.3 is 0 Å². The summed E-state index contributed by atoms with van der Waals surface area (Å²) in [6.07, 6.45) is 1.87. The molecule has 0 aliphatic heterocycles. The molecular formula is C7H7BrN2O. The number of halogens is 1. The van der Waals surface area contributed by atoms with Crippen LogP contribution in [-0.2, 0) is 11.2 Å². The van der Waals surface area contributed by atoms with E-state index in [9.17, 15) is 4.79 Å². The highest BCUT2D eigenvalue weighted by Crippen LogP contribution is 2.06. The van der Waals surface area contributed by atoms with Gasteiger partial charge in [-0.05, 0) is 27.6 Å². The van der Waals surface area contributed by atoms with Gasteiger partial charge in [0.15, 0.2) is 0 Å². The fourth-order valence-electron chi connectivity index (χ4n) is 0.712. The number of nitrogens with two attached hydrogens (primary N) is 1. The van der Waals surface area contributed by atoms with Crippen molar-refractivity contribution >= 4 is 21.8 Å². The van der Waals surface area contributed by atoms with Gasteiger partial charge < -0.3 is 5.73 Å². The van der Waals surface area contributed by atoms with E-state index in [2.05, 4.69) is 20.9 Å². The van der Waals surface area contributed by atoms with E-state index in [-0.39, 0.29) is 12.3 Å². The molecule has 58 valence electrons. The zero-order chi connectivity index (χ0) is 8.27. The summed E-state index contributed by atoms with van der Waals surface area (Å²) in [5.74, 6) is -0.339. The fraction of sp³-hybridized carbons (Fsp3) is 0.143. The van der Waals surface area contributed by atoms with Gasteiger partial charge in [-0.3, -0.25) is 4.79 Å². The molecule has 1 rings (SSSR count). The largest absolute Gasteiger partial charge is 0.369 e. The van der Waals surface area contributed by atoms with Gasteiger partial charge in [0, 0.05) is 6.20 Å². The van der Waals surface area contributed by atoms with Crippen LogP contribution in [0.3, 0.4) is 0 Å². The second-order valence-corrected chi connectivity index (χ2v) is 2.94. The van der Waals surface area contributed by atoms with E-state index in [0.29, 0.717) is 0 Å². The van der Waals surface area contributed by atoms with Crippen LogP contribution >= 0.6 is 15.9 Å². The third-order valence-corrected chi connectivity index (χ3v) is 1.64. The minimum Gasteiger partial charge on any atom is -0.369 e. The molecule has 0 radical (unpaired) electrons. The Balaban J connectivity index is 2.74. The third-order valence-electron chi connectivity index (χ3n) is 1.17. The van der Waals surface area contributed by atoms with Gasteiger partial charge in [-0.1, -0.05) is 6.07 Å². The van der Waals surface area contributed by atoms with Crippen molar-refractivity contribution in [2.75, 3.05) is 0 Å². The molecule has 1 aromatic heterocycles. The molecule has 0 aromatic carbocycles. The Kier molecular flexibility index (Phi) is 2.59. The molecule has 1 heterocycles. The Morgan fingerprint density at radius 2 is 2.36 bits per heavy atom. The quantitative estimate of drug-likeness (QED) is 0.744. The summed E-state index contributed by atoms with van der Waals surface area (Å²) in [4.78, 5) is 14.4. The van der Waals surface area contributed by atoms with E-state index in [1.54, 1.807) is 12.3 Å². The van der Waals surface area contributed by atoms with Crippen LogP contribution in [0.5, 0.6) is 0 Å². The maximum absolute atomic E-state index is 10.4. The number of hydrogen-bond donors (Lipinski definition) is 1. The zero-order valence-corrected chi connectivity index (χ0v) is 7.34. The van der Waals surface area contributed by atoms with Crippen molar-refractivity contribution < 1.29 is 4.79 Å². The van der Waals surface area contributed by atoms with E-state index in [1.165, 1.54) is 0 Å². The third kappa shape index (κ3) is 2.67. The molecule has 0 aliphatic carbocycles. The summed E-state index contributed by atoms with van der Waals surface area (Å²) in [5.41, 5.74) is 5.82. The van der Waals surface area contributed by atoms with E-state index >= 15 is 0 Å². The molecule has 0 spiro atoms. The van der Waals surface area contributed by atoms with Crippen LogP contribution in [0, 0.1) is 0 Å². The van der Waals surface area contributed by atoms with E-state index in [1.807, 2.05) is 6.07 Å². The normalized spacial score (nSPS) is 9.55. The Hall–Kier alpha value is -0.900. The van der Waals surface area contributed by atoms with Crippen LogP contribution in [0.15, 0.2) is 22.9 Å². The summed E-state index contributed by atoms with van der Waals surface area (Å²) >= 11 is 3.18. The maximum Gasteiger partial charge on any atom is 0.221 e. The number of aromatic nitrogens is 1. The number of carbonyl (C=O) groups excluding carboxylic acids is 1. The van der Waals surface area contributed by atoms with E-state index in [4.69, 9.17) is 5.73 Å². The minimum absolute atomic E-state index is 0.250. The Morgan fingerprint density at radius 1 is 1.64 bits per heavy atom. The molecule has 0 bridgehead atoms. The highest BCUT2D eigenvalue weighted by atomic mass is 79.9. The molecule has 0 saturated heterocycles. The number of pyridine rings is 1. The molecule has 2 N–H and O–H groups in total. The first-order valence-corrected chi connectivity index (χ1v) is 3.86. The molecular weight excluding hydrogens is 208 g/mol. The Morgan fingerprint density at radius 3 is 2.82 bits per heavy atom. The lowest BCUT2D eigenvalue weighted by atomic mass is 10.2. The number of nitrogens with zero attached hydrogens (tertiary/aromatic N) is 1. The molecule has 11 heavy (non-hydrogen) atoms. The molecule has 4 heteroatoms. The monoisotopic (exact) mass is 214 g/mol. The number of primary amides is 1. The maximum atomic E-state index is 10.4. The predicted molar refractivity (Wildman–Crippen MR) is 44.8 cm³/mol. The van der Waals surface area contributed by atoms with Crippen molar-refractivity contribution in [2.45, 2.75) is 6.42 Å². The highest BCUT2D eigenvalue weighted by Gasteiger charge is 1.97. The lowest BCUT2D eigenvalue weighted by molar-refractivity contribution is -0.117. The summed E-state index contributed by atoms with van der Waals surface area (Å²) in [6.45, 7) is 0. The summed E-state index contributed by atoms with van der Waals surface area (Å²) < 4.78 is 0.755. The van der Waals surface area contributed by atoms with E-state index < -0.39 is 0 Å². The zero-order valence-electron chi connectivity index (χ0n) is 5.75. The van der Waals surface area contributed by atoms with Crippen LogP contribution in [0.4, 0.5) is 0 Å². The van der Waals surface area contributed by atoms with Crippen LogP contribution in [0.25, 0.3) is 0 Å². The number of hydrogen-bond acceptors (Lipinski definition) is 2. The van der Waals surface area contributed by atoms with Gasteiger partial charge in [0.1, 0.15) is 4.60 Å². The fourth-order valence-corrected chi connectivity index (χ4v) is 0.947. The van der Waals surface area contributed by atoms with Gasteiger partial charge in [-0.15, -0.1) is 0 Å². The van der Waals surface area contributed by atoms with Crippen LogP contribution in [-0.4, -0.2) is 10.9 Å². The first kappa shape index (κ1) is 8.20. The molecule has 0 atom stereocenters. The lowest BCUT2D eigenvalue weighted by Crippen LogP contribution is -2.13. The smallest absolute Gasteiger partial charge is 0.221 e. The Labute approximate surface area is 72.7 Å². The topological polar surface area (TPSA) is 56.0 Å². The molecule has 0 unspecified atom stereocenters. The SMILES string of the molecule is NC(=O)Cc1ccc(Br)nc1. The van der Waals surface area contributed by atoms with Gasteiger partial charge in [-0.2, -0.15) is 0 Å². The molecule has 3 nitrogen and oxygen atoms in total. The van der Waals surface area contributed by atoms with Gasteiger partial charge in [0.25, 0.3) is 0 Å². The van der Waals surface area contributed by atoms with Gasteiger partial charge in [-0.25, -0.2) is 4.98 Å². The van der Waals surface area contributed by atoms with Crippen LogP contribution in [0.1, 0.15) is 5.56 Å². The lowest BCUT2D eigenvalue weighted by Gasteiger charge is -1.95. The molecule has 0 saturated carbocycles. The number of amides is 1. The van der Waals surface area contributed by atoms with Crippen molar-refractivity contribution in [3.63, 3.8) is 0 Å². The van der Waals surface area contributed by atoms with Crippen molar-refractivity contribution in [1.82, 2.24) is 4.98 Å². The second-order valence-electron chi connectivity index (χ2n) is 2.13. The molecule has 0 aliphatic rings. The van der Waals surface area contributed by atoms with E-state index in [0.717, 1.165) is 10.2 Å². The predicted octanol–water partition coefficient (Wildman–Crippen LogP) is 0.872. The van der Waals surface area contributed by atoms with Crippen molar-refractivity contribution in [3.05, 3.63) is 28.5 Å². The van der Waals surface area contributed by atoms with Crippen molar-refractivity contribution in [2.24, 2.45) is 5.73 Å². The van der Waals surface area contributed by atoms with Crippen LogP contribution < -0.4 is 5.73 Å². The average Bonchev–Trinajstić information content (AvgIpc) is 1.93. The minimum atomic E-state index is -0.339. The van der Waals surface area contributed by atoms with Crippen molar-refractivity contribution in [1.29, 1.82) is 0 Å². The highest BCUT2D eigenvalue weighted by molar-refractivity contribution is 9.10. The first-order valence-electron chi connectivity index (χ1n) is 3.07. The Bertz CT molecular complexity index is 258. The van der Waals surface area contributed by atoms with Gasteiger partial charge in [0.2, 0.25) is 5.91 Å². The molecule has 0 fully saturated rings. The summed E-state index contributed by atoms with van der Waals surface area (Å²) in [5, 5.41) is 0. The van der Waals surface area contributed by atoms with Crippen LogP contribution in [0.2, 0.25) is 0 Å². The second kappa shape index (κ2) is 3.48.